The molecule has 2 amide bonds. The van der Waals surface area contributed by atoms with Gasteiger partial charge < -0.3 is 10.2 Å². The second kappa shape index (κ2) is 6.09. The Bertz CT molecular complexity index is 579. The van der Waals surface area contributed by atoms with Gasteiger partial charge in [-0.3, -0.25) is 0 Å². The van der Waals surface area contributed by atoms with Crippen molar-refractivity contribution in [2.45, 2.75) is 19.4 Å². The van der Waals surface area contributed by atoms with E-state index in [1.165, 1.54) is 16.0 Å². The predicted molar refractivity (Wildman–Crippen MR) is 82.0 cm³/mol. The van der Waals surface area contributed by atoms with Crippen LogP contribution in [0.25, 0.3) is 0 Å². The molecule has 3 nitrogen and oxygen atoms in total. The van der Waals surface area contributed by atoms with E-state index in [-0.39, 0.29) is 6.03 Å². The molecule has 0 saturated heterocycles. The highest BCUT2D eigenvalue weighted by molar-refractivity contribution is 7.10. The van der Waals surface area contributed by atoms with Crippen molar-refractivity contribution in [3.8, 4) is 0 Å². The minimum atomic E-state index is 0.0535. The number of rotatable bonds is 3. The lowest BCUT2D eigenvalue weighted by atomic mass is 10.1. The van der Waals surface area contributed by atoms with Crippen LogP contribution in [0.15, 0.2) is 41.8 Å². The van der Waals surface area contributed by atoms with E-state index in [1.54, 1.807) is 11.3 Å². The molecular formula is C16H18N2OS. The summed E-state index contributed by atoms with van der Waals surface area (Å²) in [5, 5.41) is 5.13. The first-order valence-electron chi connectivity index (χ1n) is 6.95. The number of benzene rings is 1. The number of nitrogens with one attached hydrogen (secondary N) is 1. The van der Waals surface area contributed by atoms with Crippen molar-refractivity contribution in [2.24, 2.45) is 0 Å². The molecule has 1 aromatic carbocycles. The summed E-state index contributed by atoms with van der Waals surface area (Å²) in [4.78, 5) is 15.5. The third-order valence-electron chi connectivity index (χ3n) is 3.63. The molecule has 2 heterocycles. The zero-order valence-electron chi connectivity index (χ0n) is 11.3. The highest BCUT2D eigenvalue weighted by Gasteiger charge is 2.20. The quantitative estimate of drug-likeness (QED) is 0.924. The fourth-order valence-electron chi connectivity index (χ4n) is 2.49. The van der Waals surface area contributed by atoms with Crippen LogP contribution in [-0.4, -0.2) is 24.0 Å². The summed E-state index contributed by atoms with van der Waals surface area (Å²) in [7, 11) is 0. The first-order chi connectivity index (χ1) is 9.83. The van der Waals surface area contributed by atoms with Gasteiger partial charge in [0.15, 0.2) is 0 Å². The lowest BCUT2D eigenvalue weighted by molar-refractivity contribution is 0.193. The highest BCUT2D eigenvalue weighted by atomic mass is 32.1. The third-order valence-corrected chi connectivity index (χ3v) is 4.65. The van der Waals surface area contributed by atoms with Gasteiger partial charge in [-0.2, -0.15) is 0 Å². The summed E-state index contributed by atoms with van der Waals surface area (Å²) in [6.07, 6.45) is 1.86. The van der Waals surface area contributed by atoms with Crippen LogP contribution in [0.2, 0.25) is 0 Å². The Morgan fingerprint density at radius 1 is 1.25 bits per heavy atom. The first-order valence-corrected chi connectivity index (χ1v) is 7.83. The number of amides is 2. The summed E-state index contributed by atoms with van der Waals surface area (Å²) in [5.74, 6) is 0. The van der Waals surface area contributed by atoms with Gasteiger partial charge in [0.2, 0.25) is 0 Å². The fourth-order valence-corrected chi connectivity index (χ4v) is 3.38. The van der Waals surface area contributed by atoms with Gasteiger partial charge in [0.05, 0.1) is 0 Å². The van der Waals surface area contributed by atoms with Crippen LogP contribution in [0, 0.1) is 0 Å². The maximum absolute atomic E-state index is 12.1. The van der Waals surface area contributed by atoms with Crippen LogP contribution in [0.1, 0.15) is 16.0 Å². The molecule has 0 unspecified atom stereocenters. The Hall–Kier alpha value is -1.81. The minimum absolute atomic E-state index is 0.0535. The van der Waals surface area contributed by atoms with Crippen molar-refractivity contribution in [3.63, 3.8) is 0 Å². The molecule has 1 aliphatic heterocycles. The summed E-state index contributed by atoms with van der Waals surface area (Å²) in [5.41, 5.74) is 2.56. The summed E-state index contributed by atoms with van der Waals surface area (Å²) in [6.45, 7) is 2.26. The molecule has 3 rings (SSSR count). The van der Waals surface area contributed by atoms with E-state index in [2.05, 4.69) is 28.9 Å². The molecule has 20 heavy (non-hydrogen) atoms. The highest BCUT2D eigenvalue weighted by Crippen LogP contribution is 2.23. The first kappa shape index (κ1) is 13.2. The number of urea groups is 1. The zero-order valence-corrected chi connectivity index (χ0v) is 12.2. The molecule has 4 heteroatoms. The zero-order chi connectivity index (χ0) is 13.8. The summed E-state index contributed by atoms with van der Waals surface area (Å²) >= 11 is 1.80. The molecule has 0 atom stereocenters. The monoisotopic (exact) mass is 286 g/mol. The molecule has 1 aromatic heterocycles. The van der Waals surface area contributed by atoms with Gasteiger partial charge in [0.25, 0.3) is 0 Å². The second-order valence-corrected chi connectivity index (χ2v) is 6.01. The molecule has 0 bridgehead atoms. The van der Waals surface area contributed by atoms with Crippen LogP contribution in [-0.2, 0) is 19.4 Å². The lowest BCUT2D eigenvalue weighted by Gasteiger charge is -2.27. The number of nitrogens with zero attached hydrogens (tertiary/aromatic N) is 1. The Balaban J connectivity index is 1.48. The summed E-state index contributed by atoms with van der Waals surface area (Å²) < 4.78 is 0. The SMILES string of the molecule is O=C(NCCc1ccccc1)N1CCc2sccc2C1. The largest absolute Gasteiger partial charge is 0.338 e. The lowest BCUT2D eigenvalue weighted by Crippen LogP contribution is -2.43. The van der Waals surface area contributed by atoms with E-state index < -0.39 is 0 Å². The van der Waals surface area contributed by atoms with Gasteiger partial charge >= 0.3 is 6.03 Å². The molecule has 0 fully saturated rings. The Kier molecular flexibility index (Phi) is 4.02. The molecule has 104 valence electrons. The van der Waals surface area contributed by atoms with E-state index in [0.717, 1.165) is 25.9 Å². The average molecular weight is 286 g/mol. The van der Waals surface area contributed by atoms with Crippen LogP contribution < -0.4 is 5.32 Å². The Morgan fingerprint density at radius 3 is 2.95 bits per heavy atom. The molecule has 2 aromatic rings. The maximum atomic E-state index is 12.1. The molecule has 0 aliphatic carbocycles. The number of carbonyl (C=O) groups is 1. The number of hydrogen-bond donors (Lipinski definition) is 1. The van der Waals surface area contributed by atoms with Crippen molar-refractivity contribution in [2.75, 3.05) is 13.1 Å². The van der Waals surface area contributed by atoms with Gasteiger partial charge in [-0.05, 0) is 35.4 Å². The maximum Gasteiger partial charge on any atom is 0.317 e. The minimum Gasteiger partial charge on any atom is -0.338 e. The van der Waals surface area contributed by atoms with Crippen LogP contribution in [0.3, 0.4) is 0 Å². The molecular weight excluding hydrogens is 268 g/mol. The van der Waals surface area contributed by atoms with E-state index in [1.807, 2.05) is 23.1 Å². The van der Waals surface area contributed by atoms with Crippen molar-refractivity contribution in [1.29, 1.82) is 0 Å². The number of hydrogen-bond acceptors (Lipinski definition) is 2. The van der Waals surface area contributed by atoms with Gasteiger partial charge in [-0.1, -0.05) is 30.3 Å². The predicted octanol–water partition coefficient (Wildman–Crippen LogP) is 3.06. The van der Waals surface area contributed by atoms with Crippen LogP contribution in [0.4, 0.5) is 4.79 Å². The second-order valence-electron chi connectivity index (χ2n) is 5.01. The van der Waals surface area contributed by atoms with Crippen LogP contribution in [0.5, 0.6) is 0 Å². The van der Waals surface area contributed by atoms with Gasteiger partial charge in [0.1, 0.15) is 0 Å². The third kappa shape index (κ3) is 3.02. The number of thiophene rings is 1. The van der Waals surface area contributed by atoms with E-state index in [9.17, 15) is 4.79 Å². The van der Waals surface area contributed by atoms with E-state index >= 15 is 0 Å². The average Bonchev–Trinajstić information content (AvgIpc) is 2.95. The number of carbonyl (C=O) groups excluding carboxylic acids is 1. The molecule has 1 aliphatic rings. The van der Waals surface area contributed by atoms with Gasteiger partial charge in [0, 0.05) is 24.5 Å². The van der Waals surface area contributed by atoms with Gasteiger partial charge in [-0.15, -0.1) is 11.3 Å². The molecule has 0 radical (unpaired) electrons. The molecule has 1 N–H and O–H groups in total. The van der Waals surface area contributed by atoms with Crippen molar-refractivity contribution < 1.29 is 4.79 Å². The Morgan fingerprint density at radius 2 is 2.10 bits per heavy atom. The van der Waals surface area contributed by atoms with Crippen molar-refractivity contribution in [3.05, 3.63) is 57.8 Å². The molecule has 0 saturated carbocycles. The van der Waals surface area contributed by atoms with Crippen molar-refractivity contribution >= 4 is 17.4 Å². The smallest absolute Gasteiger partial charge is 0.317 e. The standard InChI is InChI=1S/C16H18N2OS/c19-16(17-9-6-13-4-2-1-3-5-13)18-10-7-15-14(12-18)8-11-20-15/h1-5,8,11H,6-7,9-10,12H2,(H,17,19). The normalized spacial score (nSPS) is 13.9. The Labute approximate surface area is 123 Å². The fraction of sp³-hybridized carbons (Fsp3) is 0.312. The van der Waals surface area contributed by atoms with E-state index in [4.69, 9.17) is 0 Å². The summed E-state index contributed by atoms with van der Waals surface area (Å²) in [6, 6.07) is 12.4. The van der Waals surface area contributed by atoms with E-state index in [0.29, 0.717) is 6.54 Å². The van der Waals surface area contributed by atoms with Crippen LogP contribution >= 0.6 is 11.3 Å². The number of fused-ring (bicyclic) bond motifs is 1. The van der Waals surface area contributed by atoms with Gasteiger partial charge in [-0.25, -0.2) is 4.79 Å². The van der Waals surface area contributed by atoms with Crippen molar-refractivity contribution in [1.82, 2.24) is 10.2 Å². The topological polar surface area (TPSA) is 32.3 Å². The molecule has 0 spiro atoms.